The van der Waals surface area contributed by atoms with Crippen LogP contribution in [-0.4, -0.2) is 66.8 Å². The van der Waals surface area contributed by atoms with Crippen LogP contribution in [0.1, 0.15) is 25.7 Å². The number of nitriles is 1. The molecule has 1 aromatic carbocycles. The van der Waals surface area contributed by atoms with E-state index in [1.807, 2.05) is 37.2 Å². The predicted molar refractivity (Wildman–Crippen MR) is 112 cm³/mol. The van der Waals surface area contributed by atoms with E-state index in [4.69, 9.17) is 0 Å². The van der Waals surface area contributed by atoms with Crippen molar-refractivity contribution in [3.63, 3.8) is 0 Å². The molecule has 0 spiro atoms. The molecule has 1 aromatic rings. The van der Waals surface area contributed by atoms with Gasteiger partial charge in [-0.1, -0.05) is 31.0 Å². The molecule has 3 unspecified atom stereocenters. The van der Waals surface area contributed by atoms with E-state index in [9.17, 15) is 19.6 Å². The molecule has 0 aromatic heterocycles. The minimum Gasteiger partial charge on any atom is -0.346 e. The molecular formula is C22H29N5O3. The first-order valence-electron chi connectivity index (χ1n) is 10.4. The molecule has 1 heterocycles. The van der Waals surface area contributed by atoms with E-state index < -0.39 is 12.0 Å². The Morgan fingerprint density at radius 3 is 2.53 bits per heavy atom. The van der Waals surface area contributed by atoms with Crippen LogP contribution in [0.3, 0.4) is 0 Å². The molecule has 1 saturated heterocycles. The lowest BCUT2D eigenvalue weighted by Gasteiger charge is -2.24. The fourth-order valence-electron chi connectivity index (χ4n) is 3.79. The molecule has 3 rings (SSSR count). The Morgan fingerprint density at radius 2 is 1.93 bits per heavy atom. The Bertz CT molecular complexity index is 816. The topological polar surface area (TPSA) is 106 Å². The monoisotopic (exact) mass is 411 g/mol. The van der Waals surface area contributed by atoms with Gasteiger partial charge >= 0.3 is 0 Å². The number of benzene rings is 1. The van der Waals surface area contributed by atoms with Gasteiger partial charge in [0.1, 0.15) is 6.04 Å². The number of likely N-dealkylation sites (N-methyl/N-ethyl adjacent to an activating group) is 1. The van der Waals surface area contributed by atoms with E-state index in [-0.39, 0.29) is 43.3 Å². The quantitative estimate of drug-likeness (QED) is 0.669. The molecule has 3 atom stereocenters. The Labute approximate surface area is 177 Å². The Morgan fingerprint density at radius 1 is 1.23 bits per heavy atom. The summed E-state index contributed by atoms with van der Waals surface area (Å²) in [5.74, 6) is -0.596. The van der Waals surface area contributed by atoms with E-state index in [2.05, 4.69) is 16.7 Å². The second-order valence-corrected chi connectivity index (χ2v) is 8.36. The second kappa shape index (κ2) is 9.72. The van der Waals surface area contributed by atoms with Crippen LogP contribution in [-0.2, 0) is 14.4 Å². The van der Waals surface area contributed by atoms with E-state index in [0.29, 0.717) is 11.6 Å². The Kier molecular flexibility index (Phi) is 7.06. The number of hydrogen-bond acceptors (Lipinski definition) is 5. The molecule has 1 aliphatic heterocycles. The van der Waals surface area contributed by atoms with Gasteiger partial charge in [0.25, 0.3) is 0 Å². The van der Waals surface area contributed by atoms with Gasteiger partial charge in [-0.2, -0.15) is 5.26 Å². The summed E-state index contributed by atoms with van der Waals surface area (Å²) in [5.41, 5.74) is 0.679. The Hall–Kier alpha value is -2.92. The first-order valence-corrected chi connectivity index (χ1v) is 10.4. The zero-order valence-corrected chi connectivity index (χ0v) is 17.5. The van der Waals surface area contributed by atoms with Crippen LogP contribution in [0.15, 0.2) is 30.3 Å². The van der Waals surface area contributed by atoms with Crippen LogP contribution >= 0.6 is 0 Å². The third-order valence-corrected chi connectivity index (χ3v) is 5.78. The fourth-order valence-corrected chi connectivity index (χ4v) is 3.79. The molecule has 1 saturated carbocycles. The molecule has 1 aliphatic carbocycles. The summed E-state index contributed by atoms with van der Waals surface area (Å²) >= 11 is 0. The maximum atomic E-state index is 12.7. The molecule has 8 nitrogen and oxygen atoms in total. The number of nitrogens with one attached hydrogen (secondary N) is 2. The van der Waals surface area contributed by atoms with Crippen molar-refractivity contribution in [3.05, 3.63) is 30.3 Å². The number of carbonyl (C=O) groups is 3. The lowest BCUT2D eigenvalue weighted by atomic mass is 10.1. The summed E-state index contributed by atoms with van der Waals surface area (Å²) in [6, 6.07) is 10.3. The van der Waals surface area contributed by atoms with E-state index in [1.165, 1.54) is 4.90 Å². The third-order valence-electron chi connectivity index (χ3n) is 5.78. The number of amides is 3. The standard InChI is InChI=1S/C22H29N5O3/c1-26(2)19(10-15-8-9-15)22(30)24-13-20(28)27-14-16(11-18(27)12-23)21(29)25-17-6-4-3-5-7-17/h3-7,15-16,18-19H,8-11,13-14H2,1-2H3,(H,24,30)(H,25,29). The normalized spacial score (nSPS) is 21.7. The maximum Gasteiger partial charge on any atom is 0.243 e. The first kappa shape index (κ1) is 21.8. The average molecular weight is 412 g/mol. The highest BCUT2D eigenvalue weighted by Crippen LogP contribution is 2.34. The van der Waals surface area contributed by atoms with Gasteiger partial charge in [0.05, 0.1) is 24.6 Å². The summed E-state index contributed by atoms with van der Waals surface area (Å²) in [7, 11) is 3.72. The van der Waals surface area contributed by atoms with Crippen molar-refractivity contribution in [3.8, 4) is 6.07 Å². The molecule has 2 aliphatic rings. The first-order chi connectivity index (χ1) is 14.4. The number of para-hydroxylation sites is 1. The number of carbonyl (C=O) groups excluding carboxylic acids is 3. The van der Waals surface area contributed by atoms with Gasteiger partial charge in [0.15, 0.2) is 0 Å². The van der Waals surface area contributed by atoms with Gasteiger partial charge in [0.2, 0.25) is 17.7 Å². The van der Waals surface area contributed by atoms with Crippen LogP contribution in [0, 0.1) is 23.2 Å². The molecule has 2 fully saturated rings. The van der Waals surface area contributed by atoms with Crippen LogP contribution in [0.5, 0.6) is 0 Å². The van der Waals surface area contributed by atoms with Gasteiger partial charge < -0.3 is 15.5 Å². The van der Waals surface area contributed by atoms with Crippen LogP contribution in [0.2, 0.25) is 0 Å². The molecule has 160 valence electrons. The summed E-state index contributed by atoms with van der Waals surface area (Å²) < 4.78 is 0. The van der Waals surface area contributed by atoms with E-state index >= 15 is 0 Å². The van der Waals surface area contributed by atoms with Crippen molar-refractivity contribution in [2.75, 3.05) is 32.5 Å². The molecule has 2 N–H and O–H groups in total. The van der Waals surface area contributed by atoms with Crippen LogP contribution in [0.4, 0.5) is 5.69 Å². The molecule has 8 heteroatoms. The van der Waals surface area contributed by atoms with Gasteiger partial charge in [-0.25, -0.2) is 0 Å². The number of hydrogen-bond donors (Lipinski definition) is 2. The van der Waals surface area contributed by atoms with E-state index in [0.717, 1.165) is 19.3 Å². The number of anilines is 1. The molecule has 0 bridgehead atoms. The van der Waals surface area contributed by atoms with Crippen molar-refractivity contribution in [1.29, 1.82) is 5.26 Å². The zero-order valence-electron chi connectivity index (χ0n) is 17.5. The molecule has 0 radical (unpaired) electrons. The fraction of sp³-hybridized carbons (Fsp3) is 0.545. The van der Waals surface area contributed by atoms with Crippen molar-refractivity contribution >= 4 is 23.4 Å². The molecule has 3 amide bonds. The summed E-state index contributed by atoms with van der Waals surface area (Å²) in [6.07, 6.45) is 3.39. The number of likely N-dealkylation sites (tertiary alicyclic amines) is 1. The van der Waals surface area contributed by atoms with Gasteiger partial charge in [-0.05, 0) is 45.0 Å². The highest BCUT2D eigenvalue weighted by molar-refractivity contribution is 5.94. The molecular weight excluding hydrogens is 382 g/mol. The lowest BCUT2D eigenvalue weighted by Crippen LogP contribution is -2.48. The molecule has 30 heavy (non-hydrogen) atoms. The van der Waals surface area contributed by atoms with Crippen molar-refractivity contribution < 1.29 is 14.4 Å². The van der Waals surface area contributed by atoms with Crippen LogP contribution in [0.25, 0.3) is 0 Å². The van der Waals surface area contributed by atoms with Gasteiger partial charge in [0, 0.05) is 12.2 Å². The Balaban J connectivity index is 1.53. The summed E-state index contributed by atoms with van der Waals surface area (Å²) in [6.45, 7) is 0.00379. The lowest BCUT2D eigenvalue weighted by molar-refractivity contribution is -0.134. The average Bonchev–Trinajstić information content (AvgIpc) is 3.45. The highest BCUT2D eigenvalue weighted by Gasteiger charge is 2.39. The summed E-state index contributed by atoms with van der Waals surface area (Å²) in [5, 5.41) is 15.0. The number of rotatable bonds is 8. The number of nitrogens with zero attached hydrogens (tertiary/aromatic N) is 3. The zero-order chi connectivity index (χ0) is 21.7. The van der Waals surface area contributed by atoms with E-state index in [1.54, 1.807) is 12.1 Å². The van der Waals surface area contributed by atoms with Crippen molar-refractivity contribution in [2.45, 2.75) is 37.8 Å². The minimum atomic E-state index is -0.669. The SMILES string of the molecule is CN(C)C(CC1CC1)C(=O)NCC(=O)N1CC(C(=O)Nc2ccccc2)CC1C#N. The van der Waals surface area contributed by atoms with Crippen molar-refractivity contribution in [2.24, 2.45) is 11.8 Å². The predicted octanol–water partition coefficient (Wildman–Crippen LogP) is 1.21. The highest BCUT2D eigenvalue weighted by atomic mass is 16.2. The second-order valence-electron chi connectivity index (χ2n) is 8.36. The summed E-state index contributed by atoms with van der Waals surface area (Å²) in [4.78, 5) is 41.1. The van der Waals surface area contributed by atoms with Crippen molar-refractivity contribution in [1.82, 2.24) is 15.1 Å². The minimum absolute atomic E-state index is 0.168. The third kappa shape index (κ3) is 5.57. The maximum absolute atomic E-state index is 12.7. The smallest absolute Gasteiger partial charge is 0.243 e. The van der Waals surface area contributed by atoms with Crippen LogP contribution < -0.4 is 10.6 Å². The largest absolute Gasteiger partial charge is 0.346 e. The van der Waals surface area contributed by atoms with Gasteiger partial charge in [-0.3, -0.25) is 19.3 Å². The van der Waals surface area contributed by atoms with Gasteiger partial charge in [-0.15, -0.1) is 0 Å².